The van der Waals surface area contributed by atoms with E-state index < -0.39 is 0 Å². The largest absolute Gasteiger partial charge is 0.307 e. The molecule has 0 aromatic carbocycles. The van der Waals surface area contributed by atoms with Gasteiger partial charge in [0.2, 0.25) is 0 Å². The zero-order chi connectivity index (χ0) is 11.4. The summed E-state index contributed by atoms with van der Waals surface area (Å²) in [5, 5.41) is 10.8. The Morgan fingerprint density at radius 3 is 3.12 bits per heavy atom. The number of aromatic nitrogens is 5. The van der Waals surface area contributed by atoms with E-state index in [1.807, 2.05) is 6.20 Å². The summed E-state index contributed by atoms with van der Waals surface area (Å²) < 4.78 is 4.38. The topological polar surface area (TPSA) is 78.0 Å². The quantitative estimate of drug-likeness (QED) is 0.470. The average molecular weight is 332 g/mol. The summed E-state index contributed by atoms with van der Waals surface area (Å²) in [6.07, 6.45) is 5.08. The van der Waals surface area contributed by atoms with Gasteiger partial charge in [-0.3, -0.25) is 4.68 Å². The van der Waals surface area contributed by atoms with Crippen molar-refractivity contribution in [3.8, 4) is 0 Å². The van der Waals surface area contributed by atoms with E-state index in [0.717, 1.165) is 16.7 Å². The smallest absolute Gasteiger partial charge is 0.271 e. The highest BCUT2D eigenvalue weighted by molar-refractivity contribution is 14.1. The Morgan fingerprint density at radius 1 is 1.50 bits per heavy atom. The Balaban J connectivity index is 2.11. The van der Waals surface area contributed by atoms with Gasteiger partial charge in [0, 0.05) is 22.0 Å². The minimum Gasteiger partial charge on any atom is -0.307 e. The minimum absolute atomic E-state index is 0.156. The number of halogens is 1. The van der Waals surface area contributed by atoms with Gasteiger partial charge >= 0.3 is 0 Å². The molecule has 0 aliphatic rings. The Hall–Kier alpha value is -1.32. The minimum atomic E-state index is 0.156. The Morgan fingerprint density at radius 2 is 2.38 bits per heavy atom. The second-order valence-electron chi connectivity index (χ2n) is 3.11. The standard InChI is InChI=1S/C8H9IN6O/c9-1-3-15-6-7(11-13-15)5-14-4-2-10-8(14)12-16/h2,4,6H,1,3,5H2. The van der Waals surface area contributed by atoms with Gasteiger partial charge in [-0.15, -0.1) is 10.0 Å². The van der Waals surface area contributed by atoms with E-state index in [0.29, 0.717) is 6.54 Å². The van der Waals surface area contributed by atoms with E-state index in [-0.39, 0.29) is 5.95 Å². The number of imidazole rings is 1. The normalized spacial score (nSPS) is 10.6. The highest BCUT2D eigenvalue weighted by Crippen LogP contribution is 2.09. The molecule has 0 aliphatic heterocycles. The molecule has 0 spiro atoms. The molecule has 0 amide bonds. The van der Waals surface area contributed by atoms with Crippen LogP contribution in [0.1, 0.15) is 5.69 Å². The van der Waals surface area contributed by atoms with E-state index >= 15 is 0 Å². The zero-order valence-corrected chi connectivity index (χ0v) is 10.5. The van der Waals surface area contributed by atoms with Crippen molar-refractivity contribution in [2.24, 2.45) is 5.18 Å². The molecule has 0 saturated heterocycles. The van der Waals surface area contributed by atoms with Gasteiger partial charge in [0.25, 0.3) is 5.95 Å². The molecule has 0 saturated carbocycles. The lowest BCUT2D eigenvalue weighted by Gasteiger charge is -1.98. The maximum atomic E-state index is 10.4. The first-order valence-electron chi connectivity index (χ1n) is 4.63. The molecule has 0 aliphatic carbocycles. The Labute approximate surface area is 105 Å². The first-order valence-corrected chi connectivity index (χ1v) is 6.15. The summed E-state index contributed by atoms with van der Waals surface area (Å²) in [6.45, 7) is 1.29. The molecule has 0 radical (unpaired) electrons. The molecule has 2 rings (SSSR count). The van der Waals surface area contributed by atoms with Crippen LogP contribution in [-0.4, -0.2) is 29.0 Å². The molecule has 7 nitrogen and oxygen atoms in total. The third-order valence-electron chi connectivity index (χ3n) is 2.01. The fourth-order valence-electron chi connectivity index (χ4n) is 1.30. The fraction of sp³-hybridized carbons (Fsp3) is 0.375. The monoisotopic (exact) mass is 332 g/mol. The summed E-state index contributed by atoms with van der Waals surface area (Å²) in [7, 11) is 0. The molecule has 8 heteroatoms. The first kappa shape index (κ1) is 11.2. The molecule has 0 N–H and O–H groups in total. The van der Waals surface area contributed by atoms with Crippen molar-refractivity contribution in [2.45, 2.75) is 13.1 Å². The molecule has 0 unspecified atom stereocenters. The lowest BCUT2D eigenvalue weighted by Crippen LogP contribution is -1.99. The zero-order valence-electron chi connectivity index (χ0n) is 8.32. The summed E-state index contributed by atoms with van der Waals surface area (Å²) in [6, 6.07) is 0. The van der Waals surface area contributed by atoms with Crippen LogP contribution in [0.4, 0.5) is 5.95 Å². The van der Waals surface area contributed by atoms with Crippen LogP contribution in [-0.2, 0) is 13.1 Å². The van der Waals surface area contributed by atoms with Crippen LogP contribution in [0.15, 0.2) is 23.8 Å². The predicted molar refractivity (Wildman–Crippen MR) is 65.7 cm³/mol. The lowest BCUT2D eigenvalue weighted by atomic mass is 10.4. The van der Waals surface area contributed by atoms with Crippen LogP contribution in [0.2, 0.25) is 0 Å². The lowest BCUT2D eigenvalue weighted by molar-refractivity contribution is 0.636. The first-order chi connectivity index (χ1) is 7.83. The summed E-state index contributed by atoms with van der Waals surface area (Å²) >= 11 is 2.27. The molecular formula is C8H9IN6O. The van der Waals surface area contributed by atoms with Gasteiger partial charge < -0.3 is 4.57 Å². The third-order valence-corrected chi connectivity index (χ3v) is 2.49. The van der Waals surface area contributed by atoms with E-state index in [1.54, 1.807) is 15.4 Å². The summed E-state index contributed by atoms with van der Waals surface area (Å²) in [5.74, 6) is 0.156. The third kappa shape index (κ3) is 2.43. The van der Waals surface area contributed by atoms with E-state index in [9.17, 15) is 4.91 Å². The number of nitroso groups, excluding NO2 is 1. The van der Waals surface area contributed by atoms with Crippen LogP contribution in [0, 0.1) is 4.91 Å². The number of alkyl halides is 1. The van der Waals surface area contributed by atoms with Gasteiger partial charge in [-0.25, -0.2) is 4.98 Å². The summed E-state index contributed by atoms with van der Waals surface area (Å²) in [5.41, 5.74) is 0.785. The second kappa shape index (κ2) is 5.14. The van der Waals surface area contributed by atoms with Crippen molar-refractivity contribution >= 4 is 28.5 Å². The van der Waals surface area contributed by atoms with Crippen LogP contribution in [0.25, 0.3) is 0 Å². The number of aryl methyl sites for hydroxylation is 1. The van der Waals surface area contributed by atoms with Gasteiger partial charge in [-0.2, -0.15) is 0 Å². The second-order valence-corrected chi connectivity index (χ2v) is 4.19. The van der Waals surface area contributed by atoms with Crippen LogP contribution in [0.3, 0.4) is 0 Å². The van der Waals surface area contributed by atoms with Gasteiger partial charge in [-0.1, -0.05) is 27.8 Å². The van der Waals surface area contributed by atoms with Crippen molar-refractivity contribution in [3.63, 3.8) is 0 Å². The van der Waals surface area contributed by atoms with Crippen LogP contribution < -0.4 is 0 Å². The van der Waals surface area contributed by atoms with Crippen molar-refractivity contribution in [3.05, 3.63) is 29.2 Å². The Bertz CT molecular complexity index is 478. The van der Waals surface area contributed by atoms with Crippen molar-refractivity contribution in [1.82, 2.24) is 24.5 Å². The maximum absolute atomic E-state index is 10.4. The maximum Gasteiger partial charge on any atom is 0.271 e. The van der Waals surface area contributed by atoms with Crippen molar-refractivity contribution in [2.75, 3.05) is 4.43 Å². The highest BCUT2D eigenvalue weighted by atomic mass is 127. The number of hydrogen-bond donors (Lipinski definition) is 0. The summed E-state index contributed by atoms with van der Waals surface area (Å²) in [4.78, 5) is 14.2. The molecule has 16 heavy (non-hydrogen) atoms. The number of nitrogens with zero attached hydrogens (tertiary/aromatic N) is 6. The molecule has 0 bridgehead atoms. The van der Waals surface area contributed by atoms with Crippen molar-refractivity contribution in [1.29, 1.82) is 0 Å². The van der Waals surface area contributed by atoms with Crippen molar-refractivity contribution < 1.29 is 0 Å². The fourth-order valence-corrected chi connectivity index (χ4v) is 1.80. The predicted octanol–water partition coefficient (Wildman–Crippen LogP) is 1.36. The molecule has 0 atom stereocenters. The van der Waals surface area contributed by atoms with Gasteiger partial charge in [0.05, 0.1) is 19.3 Å². The van der Waals surface area contributed by atoms with Gasteiger partial charge in [0.15, 0.2) is 0 Å². The average Bonchev–Trinajstić information content (AvgIpc) is 2.89. The van der Waals surface area contributed by atoms with Crippen LogP contribution >= 0.6 is 22.6 Å². The molecule has 0 fully saturated rings. The Kier molecular flexibility index (Phi) is 3.59. The molecular weight excluding hydrogens is 323 g/mol. The number of rotatable bonds is 5. The van der Waals surface area contributed by atoms with E-state index in [4.69, 9.17) is 0 Å². The SMILES string of the molecule is O=Nc1nccn1Cc1cn(CCI)nn1. The van der Waals surface area contributed by atoms with E-state index in [1.165, 1.54) is 6.20 Å². The van der Waals surface area contributed by atoms with E-state index in [2.05, 4.69) is 43.1 Å². The molecule has 2 aromatic heterocycles. The van der Waals surface area contributed by atoms with Gasteiger partial charge in [-0.05, 0) is 0 Å². The van der Waals surface area contributed by atoms with Gasteiger partial charge in [0.1, 0.15) is 5.69 Å². The molecule has 2 heterocycles. The number of hydrogen-bond acceptors (Lipinski definition) is 5. The highest BCUT2D eigenvalue weighted by Gasteiger charge is 2.06. The molecule has 84 valence electrons. The molecule has 2 aromatic rings. The van der Waals surface area contributed by atoms with Crippen LogP contribution in [0.5, 0.6) is 0 Å².